The van der Waals surface area contributed by atoms with E-state index in [1.54, 1.807) is 0 Å². The van der Waals surface area contributed by atoms with Crippen molar-refractivity contribution in [3.05, 3.63) is 17.8 Å². The van der Waals surface area contributed by atoms with Gasteiger partial charge in [-0.15, -0.1) is 0 Å². The molecule has 1 atom stereocenters. The molecule has 0 aliphatic heterocycles. The molecule has 0 radical (unpaired) electrons. The lowest BCUT2D eigenvalue weighted by Gasteiger charge is -2.12. The molecule has 0 aliphatic carbocycles. The van der Waals surface area contributed by atoms with Gasteiger partial charge in [-0.1, -0.05) is 6.92 Å². The average Bonchev–Trinajstić information content (AvgIpc) is 2.56. The van der Waals surface area contributed by atoms with E-state index in [9.17, 15) is 0 Å². The molecule has 2 N–H and O–H groups in total. The van der Waals surface area contributed by atoms with Crippen molar-refractivity contribution in [3.63, 3.8) is 0 Å². The number of hydrogen-bond acceptors (Lipinski definition) is 4. The van der Waals surface area contributed by atoms with E-state index in [1.165, 1.54) is 0 Å². The van der Waals surface area contributed by atoms with Crippen LogP contribution in [0.2, 0.25) is 0 Å². The number of aromatic nitrogens is 3. The minimum atomic E-state index is 0.561. The molecular weight excluding hydrogens is 232 g/mol. The second-order valence-electron chi connectivity index (χ2n) is 4.44. The monoisotopic (exact) mass is 250 g/mol. The Morgan fingerprint density at radius 3 is 2.88 bits per heavy atom. The van der Waals surface area contributed by atoms with Crippen molar-refractivity contribution < 1.29 is 0 Å². The molecule has 0 fully saturated rings. The first-order valence-corrected chi connectivity index (χ1v) is 7.09. The van der Waals surface area contributed by atoms with E-state index < -0.39 is 0 Å². The summed E-state index contributed by atoms with van der Waals surface area (Å²) in [6.45, 7) is 5.08. The number of nitrogens with zero attached hydrogens (tertiary/aromatic N) is 3. The highest BCUT2D eigenvalue weighted by Gasteiger charge is 2.12. The third-order valence-electron chi connectivity index (χ3n) is 2.71. The number of anilines is 1. The van der Waals surface area contributed by atoms with Gasteiger partial charge in [-0.25, -0.2) is 9.97 Å². The summed E-state index contributed by atoms with van der Waals surface area (Å²) in [7, 11) is 0. The van der Waals surface area contributed by atoms with Crippen LogP contribution >= 0.6 is 11.8 Å². The molecule has 0 spiro atoms. The van der Waals surface area contributed by atoms with Gasteiger partial charge in [-0.3, -0.25) is 4.57 Å². The predicted molar refractivity (Wildman–Crippen MR) is 74.2 cm³/mol. The summed E-state index contributed by atoms with van der Waals surface area (Å²) in [5.74, 6) is 2.24. The minimum Gasteiger partial charge on any atom is -0.369 e. The molecule has 2 aromatic heterocycles. The topological polar surface area (TPSA) is 56.7 Å². The van der Waals surface area contributed by atoms with Gasteiger partial charge in [0.15, 0.2) is 5.65 Å². The van der Waals surface area contributed by atoms with Crippen molar-refractivity contribution in [2.75, 3.05) is 17.7 Å². The zero-order chi connectivity index (χ0) is 12.4. The van der Waals surface area contributed by atoms with Crippen LogP contribution in [0.3, 0.4) is 0 Å². The number of nitrogen functional groups attached to an aromatic ring is 1. The SMILES string of the molecule is CSCC(C)Cn1c(N)nc2ccc(C)nc21. The van der Waals surface area contributed by atoms with E-state index in [2.05, 4.69) is 23.1 Å². The summed E-state index contributed by atoms with van der Waals surface area (Å²) in [5, 5.41) is 0. The maximum Gasteiger partial charge on any atom is 0.202 e. The number of aryl methyl sites for hydroxylation is 1. The summed E-state index contributed by atoms with van der Waals surface area (Å²) in [6, 6.07) is 3.94. The molecule has 0 aliphatic rings. The van der Waals surface area contributed by atoms with Crippen LogP contribution in [0.15, 0.2) is 12.1 Å². The van der Waals surface area contributed by atoms with Crippen LogP contribution in [0.1, 0.15) is 12.6 Å². The summed E-state index contributed by atoms with van der Waals surface area (Å²) >= 11 is 1.85. The number of pyridine rings is 1. The molecule has 92 valence electrons. The van der Waals surface area contributed by atoms with Crippen LogP contribution in [-0.2, 0) is 6.54 Å². The van der Waals surface area contributed by atoms with Crippen LogP contribution in [-0.4, -0.2) is 26.5 Å². The number of thioether (sulfide) groups is 1. The molecule has 4 nitrogen and oxygen atoms in total. The zero-order valence-electron chi connectivity index (χ0n) is 10.5. The Balaban J connectivity index is 2.38. The first kappa shape index (κ1) is 12.2. The Morgan fingerprint density at radius 2 is 2.18 bits per heavy atom. The highest BCUT2D eigenvalue weighted by Crippen LogP contribution is 2.19. The van der Waals surface area contributed by atoms with Crippen molar-refractivity contribution in [1.29, 1.82) is 0 Å². The Labute approximate surface area is 106 Å². The van der Waals surface area contributed by atoms with Crippen molar-refractivity contribution >= 4 is 28.9 Å². The molecule has 0 saturated heterocycles. The Morgan fingerprint density at radius 1 is 1.41 bits per heavy atom. The first-order chi connectivity index (χ1) is 8.11. The van der Waals surface area contributed by atoms with Crippen molar-refractivity contribution in [2.45, 2.75) is 20.4 Å². The van der Waals surface area contributed by atoms with E-state index in [-0.39, 0.29) is 0 Å². The van der Waals surface area contributed by atoms with E-state index in [4.69, 9.17) is 5.73 Å². The number of imidazole rings is 1. The smallest absolute Gasteiger partial charge is 0.202 e. The number of rotatable bonds is 4. The average molecular weight is 250 g/mol. The maximum absolute atomic E-state index is 5.95. The largest absolute Gasteiger partial charge is 0.369 e. The van der Waals surface area contributed by atoms with Crippen LogP contribution < -0.4 is 5.73 Å². The first-order valence-electron chi connectivity index (χ1n) is 5.70. The lowest BCUT2D eigenvalue weighted by molar-refractivity contribution is 0.543. The molecule has 2 rings (SSSR count). The van der Waals surface area contributed by atoms with Crippen molar-refractivity contribution in [1.82, 2.24) is 14.5 Å². The van der Waals surface area contributed by atoms with Gasteiger partial charge in [0.05, 0.1) is 0 Å². The van der Waals surface area contributed by atoms with Gasteiger partial charge in [0.1, 0.15) is 5.52 Å². The number of hydrogen-bond donors (Lipinski definition) is 1. The molecular formula is C12H18N4S. The van der Waals surface area contributed by atoms with Crippen LogP contribution in [0, 0.1) is 12.8 Å². The molecule has 5 heteroatoms. The summed E-state index contributed by atoms with van der Waals surface area (Å²) in [4.78, 5) is 8.86. The number of fused-ring (bicyclic) bond motifs is 1. The fourth-order valence-electron chi connectivity index (χ4n) is 1.94. The van der Waals surface area contributed by atoms with Gasteiger partial charge in [0, 0.05) is 12.2 Å². The van der Waals surface area contributed by atoms with Crippen LogP contribution in [0.5, 0.6) is 0 Å². The predicted octanol–water partition coefficient (Wildman–Crippen LogP) is 2.32. The molecule has 2 heterocycles. The molecule has 1 unspecified atom stereocenters. The van der Waals surface area contributed by atoms with Gasteiger partial charge in [0.25, 0.3) is 0 Å². The van der Waals surface area contributed by atoms with E-state index in [0.717, 1.165) is 29.2 Å². The fraction of sp³-hybridized carbons (Fsp3) is 0.500. The second-order valence-corrected chi connectivity index (χ2v) is 5.35. The van der Waals surface area contributed by atoms with Crippen molar-refractivity contribution in [2.24, 2.45) is 5.92 Å². The minimum absolute atomic E-state index is 0.561. The van der Waals surface area contributed by atoms with Crippen molar-refractivity contribution in [3.8, 4) is 0 Å². The molecule has 0 bridgehead atoms. The zero-order valence-corrected chi connectivity index (χ0v) is 11.3. The molecule has 17 heavy (non-hydrogen) atoms. The maximum atomic E-state index is 5.95. The Bertz CT molecular complexity index is 520. The quantitative estimate of drug-likeness (QED) is 0.904. The van der Waals surface area contributed by atoms with Gasteiger partial charge in [-0.2, -0.15) is 11.8 Å². The highest BCUT2D eigenvalue weighted by atomic mass is 32.2. The van der Waals surface area contributed by atoms with Gasteiger partial charge < -0.3 is 5.73 Å². The van der Waals surface area contributed by atoms with Crippen LogP contribution in [0.4, 0.5) is 5.95 Å². The summed E-state index contributed by atoms with van der Waals surface area (Å²) in [5.41, 5.74) is 8.73. The molecule has 2 aromatic rings. The van der Waals surface area contributed by atoms with E-state index >= 15 is 0 Å². The molecule has 0 saturated carbocycles. The lowest BCUT2D eigenvalue weighted by atomic mass is 10.2. The van der Waals surface area contributed by atoms with Crippen LogP contribution in [0.25, 0.3) is 11.2 Å². The molecule has 0 amide bonds. The lowest BCUT2D eigenvalue weighted by Crippen LogP contribution is -2.12. The van der Waals surface area contributed by atoms with Gasteiger partial charge in [-0.05, 0) is 37.0 Å². The van der Waals surface area contributed by atoms with Gasteiger partial charge >= 0.3 is 0 Å². The second kappa shape index (κ2) is 4.96. The Kier molecular flexibility index (Phi) is 3.57. The highest BCUT2D eigenvalue weighted by molar-refractivity contribution is 7.98. The van der Waals surface area contributed by atoms with E-state index in [0.29, 0.717) is 11.9 Å². The van der Waals surface area contributed by atoms with E-state index in [1.807, 2.05) is 35.4 Å². The van der Waals surface area contributed by atoms with Gasteiger partial charge in [0.2, 0.25) is 5.95 Å². The fourth-order valence-corrected chi connectivity index (χ4v) is 2.62. The summed E-state index contributed by atoms with van der Waals surface area (Å²) in [6.07, 6.45) is 2.12. The molecule has 0 aromatic carbocycles. The Hall–Kier alpha value is -1.23. The third kappa shape index (κ3) is 2.54. The number of nitrogens with two attached hydrogens (primary N) is 1. The third-order valence-corrected chi connectivity index (χ3v) is 3.61. The normalized spacial score (nSPS) is 13.1. The standard InChI is InChI=1S/C12H18N4S/c1-8(7-17-3)6-16-11-10(15-12(16)13)5-4-9(2)14-11/h4-5,8H,6-7H2,1-3H3,(H2,13,15). The summed E-state index contributed by atoms with van der Waals surface area (Å²) < 4.78 is 2.02.